The second-order valence-corrected chi connectivity index (χ2v) is 8.10. The topological polar surface area (TPSA) is 61.6 Å². The minimum absolute atomic E-state index is 0. The van der Waals surface area contributed by atoms with Crippen LogP contribution in [0.2, 0.25) is 0 Å². The van der Waals surface area contributed by atoms with Gasteiger partial charge in [0.05, 0.1) is 0 Å². The van der Waals surface area contributed by atoms with Gasteiger partial charge >= 0.3 is 0 Å². The summed E-state index contributed by atoms with van der Waals surface area (Å²) >= 11 is 0. The smallest absolute Gasteiger partial charge is 0.251 e. The zero-order valence-electron chi connectivity index (χ0n) is 17.0. The van der Waals surface area contributed by atoms with Crippen molar-refractivity contribution >= 4 is 30.7 Å². The molecule has 0 spiro atoms. The van der Waals surface area contributed by atoms with Crippen molar-refractivity contribution in [1.82, 2.24) is 15.1 Å². The van der Waals surface area contributed by atoms with Crippen molar-refractivity contribution in [3.8, 4) is 0 Å². The summed E-state index contributed by atoms with van der Waals surface area (Å²) in [5, 5.41) is 3.14. The number of likely N-dealkylation sites (N-methyl/N-ethyl adjacent to an activating group) is 1. The molecule has 2 rings (SSSR count). The Morgan fingerprint density at radius 1 is 1.22 bits per heavy atom. The molecular weight excluding hydrogens is 383 g/mol. The number of benzene rings is 1. The van der Waals surface area contributed by atoms with Crippen LogP contribution in [0.25, 0.3) is 0 Å². The number of amides is 1. The minimum Gasteiger partial charge on any atom is -0.346 e. The van der Waals surface area contributed by atoms with Gasteiger partial charge in [-0.1, -0.05) is 26.0 Å². The van der Waals surface area contributed by atoms with Crippen LogP contribution in [-0.2, 0) is 6.54 Å². The fourth-order valence-electron chi connectivity index (χ4n) is 3.51. The first-order valence-electron chi connectivity index (χ1n) is 9.34. The molecule has 0 bridgehead atoms. The molecular formula is C20H36Cl2N4O. The van der Waals surface area contributed by atoms with Crippen molar-refractivity contribution in [3.05, 3.63) is 35.4 Å². The normalized spacial score (nSPS) is 17.6. The number of piperazine rings is 1. The van der Waals surface area contributed by atoms with Gasteiger partial charge in [-0.25, -0.2) is 0 Å². The third-order valence-electron chi connectivity index (χ3n) is 4.92. The third kappa shape index (κ3) is 8.36. The highest BCUT2D eigenvalue weighted by atomic mass is 35.5. The Morgan fingerprint density at radius 3 is 2.41 bits per heavy atom. The van der Waals surface area contributed by atoms with E-state index in [2.05, 4.69) is 42.1 Å². The van der Waals surface area contributed by atoms with Gasteiger partial charge in [0, 0.05) is 50.4 Å². The predicted octanol–water partition coefficient (Wildman–Crippen LogP) is 2.77. The lowest BCUT2D eigenvalue weighted by Crippen LogP contribution is -2.52. The van der Waals surface area contributed by atoms with Crippen molar-refractivity contribution < 1.29 is 4.79 Å². The van der Waals surface area contributed by atoms with E-state index < -0.39 is 0 Å². The van der Waals surface area contributed by atoms with Crippen LogP contribution < -0.4 is 11.1 Å². The molecule has 156 valence electrons. The summed E-state index contributed by atoms with van der Waals surface area (Å²) in [5.41, 5.74) is 7.47. The summed E-state index contributed by atoms with van der Waals surface area (Å²) in [6.45, 7) is 12.0. The summed E-state index contributed by atoms with van der Waals surface area (Å²) in [6, 6.07) is 7.98. The van der Waals surface area contributed by atoms with Crippen LogP contribution in [0, 0.1) is 5.92 Å². The van der Waals surface area contributed by atoms with Gasteiger partial charge in [-0.3, -0.25) is 9.69 Å². The van der Waals surface area contributed by atoms with Crippen molar-refractivity contribution in [2.45, 2.75) is 39.3 Å². The van der Waals surface area contributed by atoms with Crippen LogP contribution in [0.5, 0.6) is 0 Å². The summed E-state index contributed by atoms with van der Waals surface area (Å²) in [6.07, 6.45) is 0.871. The number of nitrogens with zero attached hydrogens (tertiary/aromatic N) is 2. The summed E-state index contributed by atoms with van der Waals surface area (Å²) < 4.78 is 0. The van der Waals surface area contributed by atoms with Crippen LogP contribution in [-0.4, -0.2) is 61.0 Å². The lowest BCUT2D eigenvalue weighted by molar-refractivity contribution is 0.0898. The molecule has 1 fully saturated rings. The highest BCUT2D eigenvalue weighted by molar-refractivity contribution is 5.94. The number of rotatable bonds is 7. The molecule has 1 aliphatic rings. The molecule has 3 N–H and O–H groups in total. The Balaban J connectivity index is 0.00000338. The highest BCUT2D eigenvalue weighted by Gasteiger charge is 2.26. The zero-order chi connectivity index (χ0) is 18.4. The SMILES string of the molecule is CC(C)CC(C)(CN)NC(=O)c1cccc(CN2CCN(C)CC2)c1.Cl.Cl. The lowest BCUT2D eigenvalue weighted by Gasteiger charge is -2.32. The van der Waals surface area contributed by atoms with E-state index in [1.807, 2.05) is 25.1 Å². The predicted molar refractivity (Wildman–Crippen MR) is 118 cm³/mol. The van der Waals surface area contributed by atoms with Crippen LogP contribution >= 0.6 is 24.8 Å². The van der Waals surface area contributed by atoms with Gasteiger partial charge in [0.25, 0.3) is 5.91 Å². The number of hydrogen-bond acceptors (Lipinski definition) is 4. The number of carbonyl (C=O) groups is 1. The first-order chi connectivity index (χ1) is 11.8. The zero-order valence-corrected chi connectivity index (χ0v) is 18.7. The number of halogens is 2. The van der Waals surface area contributed by atoms with Crippen molar-refractivity contribution in [3.63, 3.8) is 0 Å². The number of hydrogen-bond donors (Lipinski definition) is 2. The molecule has 1 amide bonds. The molecule has 0 aliphatic carbocycles. The molecule has 0 radical (unpaired) electrons. The maximum atomic E-state index is 12.7. The summed E-state index contributed by atoms with van der Waals surface area (Å²) in [5.74, 6) is 0.450. The lowest BCUT2D eigenvalue weighted by atomic mass is 9.90. The van der Waals surface area contributed by atoms with E-state index in [9.17, 15) is 4.79 Å². The first kappa shape index (κ1) is 26.1. The van der Waals surface area contributed by atoms with Gasteiger partial charge in [-0.15, -0.1) is 24.8 Å². The van der Waals surface area contributed by atoms with E-state index in [-0.39, 0.29) is 36.3 Å². The average molecular weight is 419 g/mol. The monoisotopic (exact) mass is 418 g/mol. The number of carbonyl (C=O) groups excluding carboxylic acids is 1. The Kier molecular flexibility index (Phi) is 11.5. The molecule has 27 heavy (non-hydrogen) atoms. The van der Waals surface area contributed by atoms with Crippen molar-refractivity contribution in [1.29, 1.82) is 0 Å². The average Bonchev–Trinajstić information content (AvgIpc) is 2.56. The quantitative estimate of drug-likeness (QED) is 0.714. The Bertz CT molecular complexity index is 577. The summed E-state index contributed by atoms with van der Waals surface area (Å²) in [4.78, 5) is 17.5. The molecule has 1 aliphatic heterocycles. The first-order valence-corrected chi connectivity index (χ1v) is 9.34. The molecule has 1 saturated heterocycles. The second-order valence-electron chi connectivity index (χ2n) is 8.10. The molecule has 5 nitrogen and oxygen atoms in total. The van der Waals surface area contributed by atoms with Gasteiger partial charge in [0.15, 0.2) is 0 Å². The van der Waals surface area contributed by atoms with Gasteiger partial charge in [0.1, 0.15) is 0 Å². The highest BCUT2D eigenvalue weighted by Crippen LogP contribution is 2.17. The van der Waals surface area contributed by atoms with E-state index in [0.29, 0.717) is 12.5 Å². The maximum absolute atomic E-state index is 12.7. The fraction of sp³-hybridized carbons (Fsp3) is 0.650. The standard InChI is InChI=1S/C20H34N4O.2ClH/c1-16(2)13-20(3,15-21)22-19(25)18-7-5-6-17(12-18)14-24-10-8-23(4)9-11-24;;/h5-7,12,16H,8-11,13-15,21H2,1-4H3,(H,22,25);2*1H. The second kappa shape index (κ2) is 11.9. The fourth-order valence-corrected chi connectivity index (χ4v) is 3.51. The Labute approximate surface area is 176 Å². The van der Waals surface area contributed by atoms with Gasteiger partial charge in [-0.2, -0.15) is 0 Å². The van der Waals surface area contributed by atoms with E-state index in [1.54, 1.807) is 0 Å². The molecule has 0 aromatic heterocycles. The van der Waals surface area contributed by atoms with Crippen LogP contribution in [0.1, 0.15) is 43.1 Å². The number of nitrogens with one attached hydrogen (secondary N) is 1. The third-order valence-corrected chi connectivity index (χ3v) is 4.92. The van der Waals surface area contributed by atoms with Crippen LogP contribution in [0.4, 0.5) is 0 Å². The number of nitrogens with two attached hydrogens (primary N) is 1. The molecule has 0 saturated carbocycles. The van der Waals surface area contributed by atoms with E-state index in [0.717, 1.165) is 44.7 Å². The molecule has 1 atom stereocenters. The van der Waals surface area contributed by atoms with Gasteiger partial charge in [0.2, 0.25) is 0 Å². The molecule has 1 aromatic carbocycles. The largest absolute Gasteiger partial charge is 0.346 e. The Morgan fingerprint density at radius 2 is 1.85 bits per heavy atom. The van der Waals surface area contributed by atoms with Crippen LogP contribution in [0.3, 0.4) is 0 Å². The van der Waals surface area contributed by atoms with Crippen LogP contribution in [0.15, 0.2) is 24.3 Å². The van der Waals surface area contributed by atoms with E-state index in [1.165, 1.54) is 5.56 Å². The van der Waals surface area contributed by atoms with E-state index >= 15 is 0 Å². The minimum atomic E-state index is -0.362. The Hall–Kier alpha value is -0.850. The molecule has 1 aromatic rings. The van der Waals surface area contributed by atoms with Gasteiger partial charge in [-0.05, 0) is 44.0 Å². The van der Waals surface area contributed by atoms with Gasteiger partial charge < -0.3 is 16.0 Å². The maximum Gasteiger partial charge on any atom is 0.251 e. The molecule has 7 heteroatoms. The summed E-state index contributed by atoms with van der Waals surface area (Å²) in [7, 11) is 2.16. The van der Waals surface area contributed by atoms with Crippen molar-refractivity contribution in [2.24, 2.45) is 11.7 Å². The van der Waals surface area contributed by atoms with Crippen molar-refractivity contribution in [2.75, 3.05) is 39.8 Å². The molecule has 1 heterocycles. The van der Waals surface area contributed by atoms with E-state index in [4.69, 9.17) is 5.73 Å². The molecule has 1 unspecified atom stereocenters.